The van der Waals surface area contributed by atoms with Crippen LogP contribution in [-0.4, -0.2) is 38.7 Å². The predicted molar refractivity (Wildman–Crippen MR) is 89.9 cm³/mol. The molecule has 0 bridgehead atoms. The van der Waals surface area contributed by atoms with Crippen LogP contribution in [0, 0.1) is 0 Å². The molecule has 0 aliphatic carbocycles. The molecule has 0 saturated carbocycles. The van der Waals surface area contributed by atoms with Gasteiger partial charge in [-0.2, -0.15) is 0 Å². The van der Waals surface area contributed by atoms with Crippen LogP contribution in [0.1, 0.15) is 12.8 Å². The number of carbonyl (C=O) groups is 1. The van der Waals surface area contributed by atoms with Crippen LogP contribution < -0.4 is 20.7 Å². The number of hydrogen-bond donors (Lipinski definition) is 2. The smallest absolute Gasteiger partial charge is 0.234 e. The van der Waals surface area contributed by atoms with Crippen LogP contribution in [0.15, 0.2) is 24.3 Å². The van der Waals surface area contributed by atoms with Gasteiger partial charge in [-0.1, -0.05) is 6.07 Å². The number of halogens is 2. The van der Waals surface area contributed by atoms with Gasteiger partial charge in [-0.3, -0.25) is 4.79 Å². The summed E-state index contributed by atoms with van der Waals surface area (Å²) in [6.45, 7) is 1.87. The molecule has 0 spiro atoms. The molecule has 3 N–H and O–H groups in total. The van der Waals surface area contributed by atoms with Crippen LogP contribution in [-0.2, 0) is 4.79 Å². The van der Waals surface area contributed by atoms with Crippen molar-refractivity contribution in [2.24, 2.45) is 5.73 Å². The van der Waals surface area contributed by atoms with Crippen LogP contribution in [0.5, 0.6) is 5.75 Å². The Morgan fingerprint density at radius 1 is 1.48 bits per heavy atom. The Balaban J connectivity index is 0.00000200. The molecule has 1 amide bonds. The highest BCUT2D eigenvalue weighted by Gasteiger charge is 2.21. The zero-order valence-corrected chi connectivity index (χ0v) is 13.7. The van der Waals surface area contributed by atoms with Gasteiger partial charge < -0.3 is 20.7 Å². The Bertz CT molecular complexity index is 446. The molecule has 7 heteroatoms. The van der Waals surface area contributed by atoms with E-state index in [0.717, 1.165) is 37.4 Å². The topological polar surface area (TPSA) is 67.6 Å². The lowest BCUT2D eigenvalue weighted by atomic mass is 10.0. The van der Waals surface area contributed by atoms with Gasteiger partial charge in [-0.05, 0) is 25.0 Å². The summed E-state index contributed by atoms with van der Waals surface area (Å²) in [4.78, 5) is 13.6. The number of methoxy groups -OCH3 is 1. The van der Waals surface area contributed by atoms with Crippen molar-refractivity contribution in [3.8, 4) is 5.75 Å². The van der Waals surface area contributed by atoms with Crippen molar-refractivity contribution in [2.45, 2.75) is 18.9 Å². The lowest BCUT2D eigenvalue weighted by molar-refractivity contribution is -0.120. The highest BCUT2D eigenvalue weighted by atomic mass is 35.5. The molecule has 21 heavy (non-hydrogen) atoms. The number of benzene rings is 1. The van der Waals surface area contributed by atoms with E-state index in [1.165, 1.54) is 0 Å². The van der Waals surface area contributed by atoms with Gasteiger partial charge in [0.25, 0.3) is 0 Å². The van der Waals surface area contributed by atoms with Crippen molar-refractivity contribution in [1.82, 2.24) is 5.32 Å². The minimum Gasteiger partial charge on any atom is -0.497 e. The lowest BCUT2D eigenvalue weighted by Crippen LogP contribution is -2.49. The Morgan fingerprint density at radius 2 is 2.24 bits per heavy atom. The van der Waals surface area contributed by atoms with Crippen LogP contribution in [0.2, 0.25) is 0 Å². The molecule has 1 aromatic rings. The first-order valence-electron chi connectivity index (χ1n) is 6.61. The molecule has 0 aromatic heterocycles. The number of nitrogens with two attached hydrogens (primary N) is 1. The van der Waals surface area contributed by atoms with Gasteiger partial charge in [0.15, 0.2) is 0 Å². The van der Waals surface area contributed by atoms with Gasteiger partial charge in [0.05, 0.1) is 13.7 Å². The minimum atomic E-state index is -0.0857. The third-order valence-electron chi connectivity index (χ3n) is 3.39. The molecular weight excluding hydrogens is 313 g/mol. The Hall–Kier alpha value is -1.17. The summed E-state index contributed by atoms with van der Waals surface area (Å²) in [7, 11) is 1.67. The summed E-state index contributed by atoms with van der Waals surface area (Å²) in [6, 6.07) is 8.18. The zero-order chi connectivity index (χ0) is 13.7. The SMILES string of the molecule is COc1cccc(N2CCCC(NC(=O)CN)C2)c1.Cl.Cl. The molecule has 5 nitrogen and oxygen atoms in total. The molecule has 1 unspecified atom stereocenters. The maximum Gasteiger partial charge on any atom is 0.234 e. The number of carbonyl (C=O) groups excluding carboxylic acids is 1. The fourth-order valence-corrected chi connectivity index (χ4v) is 2.42. The number of nitrogens with zero attached hydrogens (tertiary/aromatic N) is 1. The maximum atomic E-state index is 11.3. The summed E-state index contributed by atoms with van der Waals surface area (Å²) >= 11 is 0. The van der Waals surface area contributed by atoms with Gasteiger partial charge in [-0.25, -0.2) is 0 Å². The van der Waals surface area contributed by atoms with Gasteiger partial charge in [0.1, 0.15) is 5.75 Å². The second-order valence-electron chi connectivity index (χ2n) is 4.76. The maximum absolute atomic E-state index is 11.3. The number of anilines is 1. The molecular formula is C14H23Cl2N3O2. The first-order valence-corrected chi connectivity index (χ1v) is 6.61. The molecule has 1 aromatic carbocycles. The average Bonchev–Trinajstić information content (AvgIpc) is 2.47. The second kappa shape index (κ2) is 9.71. The average molecular weight is 336 g/mol. The van der Waals surface area contributed by atoms with Gasteiger partial charge in [0.2, 0.25) is 5.91 Å². The second-order valence-corrected chi connectivity index (χ2v) is 4.76. The first-order chi connectivity index (χ1) is 9.22. The number of rotatable bonds is 4. The van der Waals surface area contributed by atoms with Crippen molar-refractivity contribution in [2.75, 3.05) is 31.6 Å². The highest BCUT2D eigenvalue weighted by molar-refractivity contribution is 5.85. The lowest BCUT2D eigenvalue weighted by Gasteiger charge is -2.34. The van der Waals surface area contributed by atoms with Crippen LogP contribution in [0.3, 0.4) is 0 Å². The quantitative estimate of drug-likeness (QED) is 0.876. The van der Waals surface area contributed by atoms with E-state index in [1.807, 2.05) is 18.2 Å². The molecule has 1 saturated heterocycles. The molecule has 1 atom stereocenters. The van der Waals surface area contributed by atoms with E-state index in [9.17, 15) is 4.79 Å². The van der Waals surface area contributed by atoms with Crippen LogP contribution in [0.25, 0.3) is 0 Å². The van der Waals surface area contributed by atoms with E-state index in [4.69, 9.17) is 10.5 Å². The third kappa shape index (κ3) is 5.61. The van der Waals surface area contributed by atoms with Crippen molar-refractivity contribution in [1.29, 1.82) is 0 Å². The van der Waals surface area contributed by atoms with E-state index in [0.29, 0.717) is 0 Å². The van der Waals surface area contributed by atoms with E-state index in [1.54, 1.807) is 7.11 Å². The van der Waals surface area contributed by atoms with Crippen LogP contribution >= 0.6 is 24.8 Å². The van der Waals surface area contributed by atoms with Crippen molar-refractivity contribution in [3.05, 3.63) is 24.3 Å². The van der Waals surface area contributed by atoms with Gasteiger partial charge >= 0.3 is 0 Å². The number of ether oxygens (including phenoxy) is 1. The molecule has 120 valence electrons. The van der Waals surface area contributed by atoms with Gasteiger partial charge in [-0.15, -0.1) is 24.8 Å². The summed E-state index contributed by atoms with van der Waals surface area (Å²) in [5.41, 5.74) is 6.46. The standard InChI is InChI=1S/C14H21N3O2.2ClH/c1-19-13-6-2-5-12(8-13)17-7-3-4-11(10-17)16-14(18)9-15;;/h2,5-6,8,11H,3-4,7,9-10,15H2,1H3,(H,16,18);2*1H. The first kappa shape index (κ1) is 19.8. The van der Waals surface area contributed by atoms with E-state index < -0.39 is 0 Å². The summed E-state index contributed by atoms with van der Waals surface area (Å²) in [5, 5.41) is 2.96. The number of nitrogens with one attached hydrogen (secondary N) is 1. The van der Waals surface area contributed by atoms with Crippen molar-refractivity contribution < 1.29 is 9.53 Å². The predicted octanol–water partition coefficient (Wildman–Crippen LogP) is 1.58. The Kier molecular flexibility index (Phi) is 9.17. The largest absolute Gasteiger partial charge is 0.497 e. The number of piperidine rings is 1. The van der Waals surface area contributed by atoms with Crippen LogP contribution in [0.4, 0.5) is 5.69 Å². The zero-order valence-electron chi connectivity index (χ0n) is 12.1. The third-order valence-corrected chi connectivity index (χ3v) is 3.39. The molecule has 0 radical (unpaired) electrons. The summed E-state index contributed by atoms with van der Waals surface area (Å²) in [6.07, 6.45) is 2.07. The molecule has 1 aliphatic heterocycles. The molecule has 1 fully saturated rings. The Morgan fingerprint density at radius 3 is 2.90 bits per heavy atom. The minimum absolute atomic E-state index is 0. The van der Waals surface area contributed by atoms with E-state index >= 15 is 0 Å². The fourth-order valence-electron chi connectivity index (χ4n) is 2.42. The van der Waals surface area contributed by atoms with E-state index in [-0.39, 0.29) is 43.3 Å². The number of amides is 1. The molecule has 1 aliphatic rings. The van der Waals surface area contributed by atoms with E-state index in [2.05, 4.69) is 16.3 Å². The summed E-state index contributed by atoms with van der Waals surface area (Å²) < 4.78 is 5.24. The van der Waals surface area contributed by atoms with Gasteiger partial charge in [0, 0.05) is 30.9 Å². The normalized spacial score (nSPS) is 17.2. The Labute approximate surface area is 138 Å². The molecule has 1 heterocycles. The van der Waals surface area contributed by atoms with Crippen molar-refractivity contribution in [3.63, 3.8) is 0 Å². The van der Waals surface area contributed by atoms with Crippen molar-refractivity contribution >= 4 is 36.4 Å². The monoisotopic (exact) mass is 335 g/mol. The highest BCUT2D eigenvalue weighted by Crippen LogP contribution is 2.24. The molecule has 2 rings (SSSR count). The fraction of sp³-hybridized carbons (Fsp3) is 0.500. The number of hydrogen-bond acceptors (Lipinski definition) is 4. The summed E-state index contributed by atoms with van der Waals surface area (Å²) in [5.74, 6) is 0.767.